The Morgan fingerprint density at radius 1 is 1.12 bits per heavy atom. The number of hydrogen-bond donors (Lipinski definition) is 0. The number of aryl methyl sites for hydroxylation is 1. The molecule has 3 nitrogen and oxygen atoms in total. The van der Waals surface area contributed by atoms with Crippen molar-refractivity contribution in [3.05, 3.63) is 69.5 Å². The first-order valence-electron chi connectivity index (χ1n) is 7.90. The number of rotatable bonds is 2. The van der Waals surface area contributed by atoms with Crippen molar-refractivity contribution < 1.29 is 13.2 Å². The van der Waals surface area contributed by atoms with E-state index in [0.717, 1.165) is 11.6 Å². The minimum absolute atomic E-state index is 0.146. The highest BCUT2D eigenvalue weighted by Crippen LogP contribution is 2.41. The summed E-state index contributed by atoms with van der Waals surface area (Å²) in [5.41, 5.74) is 1.55. The molecule has 0 radical (unpaired) electrons. The fraction of sp³-hybridized carbons (Fsp3) is 0.222. The van der Waals surface area contributed by atoms with E-state index in [1.807, 2.05) is 4.57 Å². The highest BCUT2D eigenvalue weighted by molar-refractivity contribution is 6.43. The third-order valence-electron chi connectivity index (χ3n) is 4.62. The smallest absolute Gasteiger partial charge is 0.306 e. The summed E-state index contributed by atoms with van der Waals surface area (Å²) in [7, 11) is 0. The maximum Gasteiger partial charge on any atom is 0.416 e. The predicted octanol–water partition coefficient (Wildman–Crippen LogP) is 5.81. The van der Waals surface area contributed by atoms with Gasteiger partial charge in [-0.25, -0.2) is 0 Å². The van der Waals surface area contributed by atoms with Crippen LogP contribution in [0.15, 0.2) is 42.7 Å². The third-order valence-corrected chi connectivity index (χ3v) is 5.44. The van der Waals surface area contributed by atoms with Crippen LogP contribution in [0.5, 0.6) is 0 Å². The number of aromatic nitrogens is 3. The quantitative estimate of drug-likeness (QED) is 0.546. The molecule has 4 rings (SSSR count). The number of alkyl halides is 3. The van der Waals surface area contributed by atoms with Gasteiger partial charge in [-0.15, -0.1) is 10.2 Å². The second-order valence-corrected chi connectivity index (χ2v) is 6.91. The number of hydrogen-bond acceptors (Lipinski definition) is 2. The van der Waals surface area contributed by atoms with Gasteiger partial charge in [0, 0.05) is 5.56 Å². The Bertz CT molecular complexity index is 982. The highest BCUT2D eigenvalue weighted by atomic mass is 35.5. The Morgan fingerprint density at radius 3 is 2.69 bits per heavy atom. The van der Waals surface area contributed by atoms with Gasteiger partial charge >= 0.3 is 6.18 Å². The molecule has 0 fully saturated rings. The molecule has 0 N–H and O–H groups in total. The molecule has 1 aliphatic carbocycles. The van der Waals surface area contributed by atoms with E-state index in [9.17, 15) is 13.2 Å². The predicted molar refractivity (Wildman–Crippen MR) is 93.4 cm³/mol. The maximum absolute atomic E-state index is 12.9. The molecule has 0 spiro atoms. The Morgan fingerprint density at radius 2 is 1.92 bits per heavy atom. The zero-order valence-corrected chi connectivity index (χ0v) is 14.8. The molecule has 134 valence electrons. The van der Waals surface area contributed by atoms with E-state index >= 15 is 0 Å². The molecule has 0 saturated heterocycles. The average molecular weight is 398 g/mol. The topological polar surface area (TPSA) is 30.7 Å². The lowest BCUT2D eigenvalue weighted by Gasteiger charge is -2.17. The first-order valence-corrected chi connectivity index (χ1v) is 8.66. The Kier molecular flexibility index (Phi) is 4.20. The highest BCUT2D eigenvalue weighted by Gasteiger charge is 2.34. The third kappa shape index (κ3) is 2.87. The number of benzene rings is 2. The van der Waals surface area contributed by atoms with E-state index in [-0.39, 0.29) is 6.04 Å². The van der Waals surface area contributed by atoms with Gasteiger partial charge < -0.3 is 4.57 Å². The van der Waals surface area contributed by atoms with Crippen molar-refractivity contribution in [2.24, 2.45) is 0 Å². The van der Waals surface area contributed by atoms with Crippen molar-refractivity contribution in [3.8, 4) is 11.4 Å². The molecule has 3 aromatic rings. The van der Waals surface area contributed by atoms with E-state index in [1.165, 1.54) is 6.07 Å². The van der Waals surface area contributed by atoms with Crippen LogP contribution in [0.1, 0.15) is 29.2 Å². The standard InChI is InChI=1S/C18H12Cl2F3N3/c19-14-3-1-2-13(16(14)20)17-25-24-9-26(17)15-7-4-10-8-11(18(21,22)23)5-6-12(10)15/h1-3,5-6,8-9,15H,4,7H2. The lowest BCUT2D eigenvalue weighted by atomic mass is 10.0. The Balaban J connectivity index is 1.77. The van der Waals surface area contributed by atoms with E-state index in [0.29, 0.717) is 39.8 Å². The number of fused-ring (bicyclic) bond motifs is 1. The van der Waals surface area contributed by atoms with Gasteiger partial charge in [-0.05, 0) is 48.2 Å². The molecule has 1 heterocycles. The van der Waals surface area contributed by atoms with Gasteiger partial charge in [-0.1, -0.05) is 35.3 Å². The van der Waals surface area contributed by atoms with Crippen LogP contribution in [0.4, 0.5) is 13.2 Å². The summed E-state index contributed by atoms with van der Waals surface area (Å²) in [6.07, 6.45) is -1.54. The van der Waals surface area contributed by atoms with E-state index in [4.69, 9.17) is 23.2 Å². The largest absolute Gasteiger partial charge is 0.416 e. The van der Waals surface area contributed by atoms with Gasteiger partial charge in [-0.3, -0.25) is 0 Å². The summed E-state index contributed by atoms with van der Waals surface area (Å²) >= 11 is 12.4. The monoisotopic (exact) mass is 397 g/mol. The summed E-state index contributed by atoms with van der Waals surface area (Å²) in [6.45, 7) is 0. The van der Waals surface area contributed by atoms with Crippen LogP contribution < -0.4 is 0 Å². The summed E-state index contributed by atoms with van der Waals surface area (Å²) in [5.74, 6) is 0.537. The van der Waals surface area contributed by atoms with E-state index < -0.39 is 11.7 Å². The van der Waals surface area contributed by atoms with Crippen LogP contribution >= 0.6 is 23.2 Å². The van der Waals surface area contributed by atoms with Gasteiger partial charge in [0.25, 0.3) is 0 Å². The minimum atomic E-state index is -4.34. The second-order valence-electron chi connectivity index (χ2n) is 6.13. The maximum atomic E-state index is 12.9. The van der Waals surface area contributed by atoms with E-state index in [2.05, 4.69) is 10.2 Å². The minimum Gasteiger partial charge on any atom is -0.306 e. The molecule has 1 aromatic heterocycles. The van der Waals surface area contributed by atoms with Crippen molar-refractivity contribution in [2.75, 3.05) is 0 Å². The van der Waals surface area contributed by atoms with Crippen molar-refractivity contribution in [2.45, 2.75) is 25.1 Å². The van der Waals surface area contributed by atoms with Gasteiger partial charge in [0.05, 0.1) is 21.7 Å². The molecule has 1 unspecified atom stereocenters. The normalized spacial score (nSPS) is 16.7. The van der Waals surface area contributed by atoms with Crippen molar-refractivity contribution in [1.29, 1.82) is 0 Å². The first kappa shape index (κ1) is 17.4. The van der Waals surface area contributed by atoms with Gasteiger partial charge in [0.1, 0.15) is 6.33 Å². The molecule has 8 heteroatoms. The number of halogens is 5. The van der Waals surface area contributed by atoms with Crippen molar-refractivity contribution >= 4 is 23.2 Å². The summed E-state index contributed by atoms with van der Waals surface area (Å²) < 4.78 is 40.7. The lowest BCUT2D eigenvalue weighted by Crippen LogP contribution is -2.09. The van der Waals surface area contributed by atoms with Crippen molar-refractivity contribution in [1.82, 2.24) is 14.8 Å². The Hall–Kier alpha value is -2.05. The molecule has 0 bridgehead atoms. The van der Waals surface area contributed by atoms with Crippen LogP contribution in [0.2, 0.25) is 10.0 Å². The first-order chi connectivity index (χ1) is 12.4. The molecule has 1 atom stereocenters. The molecule has 1 aliphatic rings. The molecular formula is C18H12Cl2F3N3. The van der Waals surface area contributed by atoms with Crippen LogP contribution in [0.3, 0.4) is 0 Å². The molecule has 0 aliphatic heterocycles. The van der Waals surface area contributed by atoms with Crippen LogP contribution in [0, 0.1) is 0 Å². The molecule has 0 saturated carbocycles. The summed E-state index contributed by atoms with van der Waals surface area (Å²) in [6, 6.07) is 8.97. The van der Waals surface area contributed by atoms with Gasteiger partial charge in [0.2, 0.25) is 0 Å². The zero-order chi connectivity index (χ0) is 18.5. The summed E-state index contributed by atoms with van der Waals surface area (Å²) in [5, 5.41) is 8.90. The van der Waals surface area contributed by atoms with Crippen LogP contribution in [0.25, 0.3) is 11.4 Å². The molecular weight excluding hydrogens is 386 g/mol. The molecule has 2 aromatic carbocycles. The lowest BCUT2D eigenvalue weighted by molar-refractivity contribution is -0.137. The fourth-order valence-corrected chi connectivity index (χ4v) is 3.79. The van der Waals surface area contributed by atoms with Gasteiger partial charge in [-0.2, -0.15) is 13.2 Å². The zero-order valence-electron chi connectivity index (χ0n) is 13.3. The summed E-state index contributed by atoms with van der Waals surface area (Å²) in [4.78, 5) is 0. The fourth-order valence-electron chi connectivity index (χ4n) is 3.40. The van der Waals surface area contributed by atoms with Crippen LogP contribution in [-0.4, -0.2) is 14.8 Å². The second kappa shape index (κ2) is 6.28. The van der Waals surface area contributed by atoms with Crippen LogP contribution in [-0.2, 0) is 12.6 Å². The number of nitrogens with zero attached hydrogens (tertiary/aromatic N) is 3. The molecule has 0 amide bonds. The van der Waals surface area contributed by atoms with Gasteiger partial charge in [0.15, 0.2) is 5.82 Å². The average Bonchev–Trinajstić information content (AvgIpc) is 3.22. The SMILES string of the molecule is FC(F)(F)c1ccc2c(c1)CCC2n1cnnc1-c1cccc(Cl)c1Cl. The van der Waals surface area contributed by atoms with Crippen molar-refractivity contribution in [3.63, 3.8) is 0 Å². The van der Waals surface area contributed by atoms with E-state index in [1.54, 1.807) is 30.6 Å². The Labute approximate surface area is 157 Å². The molecule has 26 heavy (non-hydrogen) atoms.